The molecule has 3 N–H and O–H groups in total. The number of amides is 3. The second-order valence-electron chi connectivity index (χ2n) is 22.1. The molecule has 3 aliphatic heterocycles. The highest BCUT2D eigenvalue weighted by Gasteiger charge is 2.39. The molecule has 2 aromatic carbocycles. The van der Waals surface area contributed by atoms with Gasteiger partial charge in [0.05, 0.1) is 38.9 Å². The van der Waals surface area contributed by atoms with Crippen molar-refractivity contribution in [3.05, 3.63) is 178 Å². The number of nitrogens with zero attached hydrogens (tertiary/aromatic N) is 14. The number of rotatable bonds is 11. The summed E-state index contributed by atoms with van der Waals surface area (Å²) in [5.74, 6) is -1.53. The molecule has 0 spiro atoms. The highest BCUT2D eigenvalue weighted by atomic mass is 35.5. The van der Waals surface area contributed by atoms with Crippen LogP contribution >= 0.6 is 11.6 Å². The van der Waals surface area contributed by atoms with Crippen molar-refractivity contribution in [3.8, 4) is 22.8 Å². The summed E-state index contributed by atoms with van der Waals surface area (Å²) < 4.78 is 143. The van der Waals surface area contributed by atoms with Crippen molar-refractivity contribution in [2.45, 2.75) is 121 Å². The molecule has 3 amide bonds. The Kier molecular flexibility index (Phi) is 21.6. The summed E-state index contributed by atoms with van der Waals surface area (Å²) in [6.45, 7) is 8.77. The number of likely N-dealkylation sites (tertiary alicyclic amines) is 3. The van der Waals surface area contributed by atoms with Gasteiger partial charge in [-0.15, -0.1) is 0 Å². The molecule has 8 aromatic rings. The number of anilines is 3. The quantitative estimate of drug-likeness (QED) is 0.0806. The Labute approximate surface area is 535 Å². The van der Waals surface area contributed by atoms with Crippen LogP contribution in [0.25, 0.3) is 22.8 Å². The summed E-state index contributed by atoms with van der Waals surface area (Å²) in [5, 5.41) is 9.24. The summed E-state index contributed by atoms with van der Waals surface area (Å²) in [4.78, 5) is 87.8. The predicted octanol–water partition coefficient (Wildman–Crippen LogP) is 12.4. The lowest BCUT2D eigenvalue weighted by Gasteiger charge is -2.40. The first-order chi connectivity index (χ1) is 44.7. The van der Waals surface area contributed by atoms with Crippen LogP contribution in [0.15, 0.2) is 123 Å². The molecule has 494 valence electrons. The van der Waals surface area contributed by atoms with Crippen LogP contribution in [-0.4, -0.2) is 143 Å². The average Bonchev–Trinajstić information content (AvgIpc) is 0.803. The van der Waals surface area contributed by atoms with Crippen LogP contribution in [0.1, 0.15) is 113 Å². The zero-order valence-electron chi connectivity index (χ0n) is 50.4. The molecule has 9 heterocycles. The van der Waals surface area contributed by atoms with Crippen molar-refractivity contribution in [1.82, 2.24) is 69.5 Å². The second kappa shape index (κ2) is 29.5. The Balaban J connectivity index is 0.000000167. The van der Waals surface area contributed by atoms with Crippen LogP contribution in [0.2, 0.25) is 5.15 Å². The third-order valence-electron chi connectivity index (χ3n) is 15.9. The third kappa shape index (κ3) is 16.7. The molecule has 6 aromatic heterocycles. The number of hydrogen-bond acceptors (Lipinski definition) is 17. The number of nitrogens with one attached hydrogen (secondary N) is 3. The van der Waals surface area contributed by atoms with Gasteiger partial charge in [0.15, 0.2) is 11.6 Å². The summed E-state index contributed by atoms with van der Waals surface area (Å²) in [6, 6.07) is 13.0. The molecule has 3 saturated heterocycles. The minimum Gasteiger partial charge on any atom is -0.349 e. The fraction of sp³-hybridized carbons (Fsp3) is 0.355. The average molecular weight is 1330 g/mol. The number of hydrogen-bond donors (Lipinski definition) is 3. The van der Waals surface area contributed by atoms with Gasteiger partial charge in [-0.25, -0.2) is 63.6 Å². The molecule has 6 atom stereocenters. The van der Waals surface area contributed by atoms with E-state index in [1.807, 2.05) is 20.8 Å². The SMILES string of the molecule is C[C@H]1[C@H](Nc2ncc(C(F)(F)F)cn2)CCCN1C(=O)c1ccc(F)cc1-c1ncccn1.C[C@H]1[C@H](Nc2ncc(C(F)(F)F)cn2)CCCN1C(=O)c1cccc(F)c1-c1ncccn1.Cc1ccc(C(=O)N2CCC[C@@H](Nc3ncc(C(F)(F)F)cn3)[C@@H]2C)c(Cl)n1. The molecule has 0 unspecified atom stereocenters. The highest BCUT2D eigenvalue weighted by molar-refractivity contribution is 6.32. The second-order valence-corrected chi connectivity index (χ2v) is 22.4. The Morgan fingerprint density at radius 2 is 0.851 bits per heavy atom. The Morgan fingerprint density at radius 1 is 0.479 bits per heavy atom. The largest absolute Gasteiger partial charge is 0.419 e. The molecule has 32 heteroatoms. The topological polar surface area (TPSA) is 239 Å². The van der Waals surface area contributed by atoms with E-state index in [1.165, 1.54) is 61.2 Å². The molecule has 0 bridgehead atoms. The van der Waals surface area contributed by atoms with Gasteiger partial charge in [0.2, 0.25) is 17.8 Å². The number of halogens is 12. The van der Waals surface area contributed by atoms with E-state index in [0.717, 1.165) is 37.6 Å². The van der Waals surface area contributed by atoms with E-state index in [0.29, 0.717) is 69.0 Å². The van der Waals surface area contributed by atoms with E-state index in [4.69, 9.17) is 11.6 Å². The molecule has 0 aliphatic carbocycles. The number of carbonyl (C=O) groups is 3. The van der Waals surface area contributed by atoms with Crippen LogP contribution in [0.5, 0.6) is 0 Å². The molecular weight excluding hydrogens is 1280 g/mol. The molecule has 94 heavy (non-hydrogen) atoms. The maximum absolute atomic E-state index is 14.7. The standard InChI is InChI=1S/2C22H20F4N6O.C18H19ClF3N5O/c1-13-17(31-21-29-11-14(12-30-21)22(24,25)26)7-3-10-32(13)20(33)15-5-2-6-16(23)18(15)19-27-8-4-9-28-19;1-13-18(31-21-29-11-14(12-30-21)22(24,25)26)4-2-9-32(13)20(33)16-6-5-15(23)10-17(16)19-27-7-3-8-28-19;1-10-5-6-13(15(19)25-10)16(28)27-7-3-4-14(11(27)2)26-17-23-8-12(9-24-17)18(20,21)22/h2,4-6,8-9,11-13,17H,3,7,10H2,1H3,(H,29,30,31);3,5-8,10-13,18H,2,4,9H2,1H3,(H,29,30,31);5-6,8-9,11,14H,3-4,7H2,1-2H3,(H,23,24,26)/t13-,17+;13-,18+;11-,14+/m000/s1. The first kappa shape index (κ1) is 68.7. The monoisotopic (exact) mass is 1330 g/mol. The van der Waals surface area contributed by atoms with Gasteiger partial charge in [0.25, 0.3) is 17.7 Å². The number of aromatic nitrogens is 11. The van der Waals surface area contributed by atoms with Gasteiger partial charge < -0.3 is 30.7 Å². The Hall–Kier alpha value is -9.68. The van der Waals surface area contributed by atoms with Gasteiger partial charge in [-0.1, -0.05) is 17.7 Å². The van der Waals surface area contributed by atoms with E-state index < -0.39 is 46.9 Å². The lowest BCUT2D eigenvalue weighted by Crippen LogP contribution is -2.52. The fourth-order valence-corrected chi connectivity index (χ4v) is 11.1. The number of aryl methyl sites for hydroxylation is 1. The van der Waals surface area contributed by atoms with Crippen molar-refractivity contribution < 1.29 is 62.7 Å². The van der Waals surface area contributed by atoms with Crippen LogP contribution in [0.3, 0.4) is 0 Å². The number of alkyl halides is 9. The number of benzene rings is 2. The van der Waals surface area contributed by atoms with Crippen molar-refractivity contribution in [3.63, 3.8) is 0 Å². The van der Waals surface area contributed by atoms with Gasteiger partial charge >= 0.3 is 18.5 Å². The van der Waals surface area contributed by atoms with Crippen LogP contribution < -0.4 is 16.0 Å². The maximum Gasteiger partial charge on any atom is 0.419 e. The van der Waals surface area contributed by atoms with E-state index in [1.54, 1.807) is 45.9 Å². The van der Waals surface area contributed by atoms with Gasteiger partial charge in [-0.05, 0) is 121 Å². The van der Waals surface area contributed by atoms with Gasteiger partial charge in [0, 0.05) is 129 Å². The normalized spacial score (nSPS) is 19.2. The van der Waals surface area contributed by atoms with Crippen molar-refractivity contribution in [2.75, 3.05) is 35.6 Å². The minimum absolute atomic E-state index is 0.0245. The maximum atomic E-state index is 14.7. The van der Waals surface area contributed by atoms with Crippen LogP contribution in [0, 0.1) is 18.6 Å². The van der Waals surface area contributed by atoms with Crippen molar-refractivity contribution >= 4 is 47.2 Å². The van der Waals surface area contributed by atoms with Crippen LogP contribution in [-0.2, 0) is 18.5 Å². The lowest BCUT2D eigenvalue weighted by atomic mass is 9.95. The molecule has 0 radical (unpaired) electrons. The van der Waals surface area contributed by atoms with Crippen molar-refractivity contribution in [2.24, 2.45) is 0 Å². The molecule has 3 aliphatic rings. The van der Waals surface area contributed by atoms with Gasteiger partial charge in [0.1, 0.15) is 16.8 Å². The van der Waals surface area contributed by atoms with Gasteiger partial charge in [-0.3, -0.25) is 14.4 Å². The summed E-state index contributed by atoms with van der Waals surface area (Å²) in [6.07, 6.45) is 0.863. The number of pyridine rings is 1. The summed E-state index contributed by atoms with van der Waals surface area (Å²) in [5.41, 5.74) is -1.03. The van der Waals surface area contributed by atoms with E-state index in [9.17, 15) is 62.7 Å². The Bertz CT molecular complexity index is 3900. The summed E-state index contributed by atoms with van der Waals surface area (Å²) in [7, 11) is 0. The minimum atomic E-state index is -4.52. The lowest BCUT2D eigenvalue weighted by molar-refractivity contribution is -0.138. The van der Waals surface area contributed by atoms with Crippen molar-refractivity contribution in [1.29, 1.82) is 0 Å². The number of piperidine rings is 3. The summed E-state index contributed by atoms with van der Waals surface area (Å²) >= 11 is 6.12. The molecular formula is C62H59ClF11N17O3. The molecule has 11 rings (SSSR count). The molecule has 20 nitrogen and oxygen atoms in total. The van der Waals surface area contributed by atoms with Gasteiger partial charge in [-0.2, -0.15) is 39.5 Å². The zero-order chi connectivity index (χ0) is 67.6. The fourth-order valence-electron chi connectivity index (χ4n) is 10.8. The van der Waals surface area contributed by atoms with Crippen LogP contribution in [0.4, 0.5) is 66.1 Å². The zero-order valence-corrected chi connectivity index (χ0v) is 51.2. The van der Waals surface area contributed by atoms with E-state index in [-0.39, 0.29) is 111 Å². The number of carbonyl (C=O) groups excluding carboxylic acids is 3. The first-order valence-electron chi connectivity index (χ1n) is 29.3. The molecule has 0 saturated carbocycles. The van der Waals surface area contributed by atoms with E-state index >= 15 is 0 Å². The Morgan fingerprint density at radius 3 is 1.24 bits per heavy atom. The molecule has 3 fully saturated rings. The predicted molar refractivity (Wildman–Crippen MR) is 321 cm³/mol. The van der Waals surface area contributed by atoms with E-state index in [2.05, 4.69) is 70.8 Å². The third-order valence-corrected chi connectivity index (χ3v) is 16.2. The highest BCUT2D eigenvalue weighted by Crippen LogP contribution is 2.34. The first-order valence-corrected chi connectivity index (χ1v) is 29.7. The smallest absolute Gasteiger partial charge is 0.349 e.